The van der Waals surface area contributed by atoms with Gasteiger partial charge < -0.3 is 5.11 Å². The molecule has 0 aliphatic heterocycles. The minimum atomic E-state index is -0.726. The zero-order valence-electron chi connectivity index (χ0n) is 12.0. The number of hydrogen-bond acceptors (Lipinski definition) is 1. The molecule has 0 amide bonds. The van der Waals surface area contributed by atoms with Crippen molar-refractivity contribution in [3.8, 4) is 11.1 Å². The van der Waals surface area contributed by atoms with Crippen molar-refractivity contribution in [3.05, 3.63) is 59.2 Å². The lowest BCUT2D eigenvalue weighted by Crippen LogP contribution is -1.96. The molecule has 0 atom stereocenters. The maximum atomic E-state index is 10.6. The summed E-state index contributed by atoms with van der Waals surface area (Å²) in [7, 11) is 0. The fourth-order valence-electron chi connectivity index (χ4n) is 2.38. The van der Waals surface area contributed by atoms with Gasteiger partial charge in [-0.2, -0.15) is 0 Å². The van der Waals surface area contributed by atoms with Crippen LogP contribution in [0.25, 0.3) is 11.1 Å². The molecule has 2 rings (SSSR count). The molecule has 0 saturated heterocycles. The van der Waals surface area contributed by atoms with Crippen LogP contribution in [0.3, 0.4) is 0 Å². The van der Waals surface area contributed by atoms with Gasteiger partial charge in [-0.15, -0.1) is 0 Å². The van der Waals surface area contributed by atoms with E-state index >= 15 is 0 Å². The van der Waals surface area contributed by atoms with Crippen LogP contribution < -0.4 is 0 Å². The quantitative estimate of drug-likeness (QED) is 0.873. The van der Waals surface area contributed by atoms with Crippen LogP contribution in [0.1, 0.15) is 29.5 Å². The van der Waals surface area contributed by atoms with Crippen molar-refractivity contribution in [2.24, 2.45) is 0 Å². The molecule has 20 heavy (non-hydrogen) atoms. The fourth-order valence-corrected chi connectivity index (χ4v) is 2.38. The summed E-state index contributed by atoms with van der Waals surface area (Å²) in [4.78, 5) is 10.6. The Hall–Kier alpha value is -2.09. The standard InChI is InChI=1S/C18H20O2/c1-13-9-10-14(2)17(11-13)16-7-3-5-15(12-16)6-4-8-18(19)20/h3,5,7,9-12H,4,6,8H2,1-2H3,(H,19,20). The summed E-state index contributed by atoms with van der Waals surface area (Å²) >= 11 is 0. The summed E-state index contributed by atoms with van der Waals surface area (Å²) in [5.74, 6) is -0.726. The molecule has 2 aromatic rings. The molecule has 2 nitrogen and oxygen atoms in total. The third kappa shape index (κ3) is 3.70. The van der Waals surface area contributed by atoms with Crippen LogP contribution in [0.4, 0.5) is 0 Å². The van der Waals surface area contributed by atoms with E-state index < -0.39 is 5.97 Å². The zero-order valence-corrected chi connectivity index (χ0v) is 12.0. The van der Waals surface area contributed by atoms with E-state index in [4.69, 9.17) is 5.11 Å². The monoisotopic (exact) mass is 268 g/mol. The van der Waals surface area contributed by atoms with Crippen molar-refractivity contribution < 1.29 is 9.90 Å². The Morgan fingerprint density at radius 3 is 2.65 bits per heavy atom. The highest BCUT2D eigenvalue weighted by Crippen LogP contribution is 2.25. The predicted octanol–water partition coefficient (Wildman–Crippen LogP) is 4.38. The number of carboxylic acids is 1. The van der Waals surface area contributed by atoms with E-state index in [1.165, 1.54) is 27.8 Å². The summed E-state index contributed by atoms with van der Waals surface area (Å²) in [6.45, 7) is 4.21. The Labute approximate surface area is 120 Å². The molecular formula is C18H20O2. The van der Waals surface area contributed by atoms with Gasteiger partial charge in [0.15, 0.2) is 0 Å². The molecule has 0 bridgehead atoms. The third-order valence-electron chi connectivity index (χ3n) is 3.49. The molecule has 2 heteroatoms. The molecule has 0 fully saturated rings. The maximum absolute atomic E-state index is 10.6. The van der Waals surface area contributed by atoms with Crippen LogP contribution in [-0.4, -0.2) is 11.1 Å². The maximum Gasteiger partial charge on any atom is 0.303 e. The van der Waals surface area contributed by atoms with Gasteiger partial charge in [-0.05, 0) is 48.9 Å². The van der Waals surface area contributed by atoms with Gasteiger partial charge in [-0.3, -0.25) is 4.79 Å². The van der Waals surface area contributed by atoms with E-state index in [1.807, 2.05) is 6.07 Å². The smallest absolute Gasteiger partial charge is 0.303 e. The first-order valence-corrected chi connectivity index (χ1v) is 6.94. The van der Waals surface area contributed by atoms with Crippen LogP contribution in [-0.2, 0) is 11.2 Å². The van der Waals surface area contributed by atoms with E-state index in [1.54, 1.807) is 0 Å². The Bertz CT molecular complexity index is 615. The van der Waals surface area contributed by atoms with E-state index in [0.29, 0.717) is 6.42 Å². The van der Waals surface area contributed by atoms with Gasteiger partial charge in [0.05, 0.1) is 0 Å². The first kappa shape index (κ1) is 14.3. The summed E-state index contributed by atoms with van der Waals surface area (Å²) in [6, 6.07) is 14.9. The second-order valence-corrected chi connectivity index (χ2v) is 5.27. The fraction of sp³-hybridized carbons (Fsp3) is 0.278. The summed E-state index contributed by atoms with van der Waals surface area (Å²) in [5, 5.41) is 8.69. The van der Waals surface area contributed by atoms with Gasteiger partial charge >= 0.3 is 5.97 Å². The largest absolute Gasteiger partial charge is 0.481 e. The minimum absolute atomic E-state index is 0.230. The van der Waals surface area contributed by atoms with E-state index in [0.717, 1.165) is 6.42 Å². The van der Waals surface area contributed by atoms with Crippen molar-refractivity contribution >= 4 is 5.97 Å². The van der Waals surface area contributed by atoms with Gasteiger partial charge in [0, 0.05) is 6.42 Å². The van der Waals surface area contributed by atoms with Crippen LogP contribution in [0.5, 0.6) is 0 Å². The summed E-state index contributed by atoms with van der Waals surface area (Å²) < 4.78 is 0. The molecule has 1 N–H and O–H groups in total. The molecular weight excluding hydrogens is 248 g/mol. The normalized spacial score (nSPS) is 10.5. The highest BCUT2D eigenvalue weighted by molar-refractivity contribution is 5.69. The van der Waals surface area contributed by atoms with Gasteiger partial charge in [0.1, 0.15) is 0 Å². The molecule has 0 saturated carbocycles. The van der Waals surface area contributed by atoms with Gasteiger partial charge in [-0.1, -0.05) is 48.0 Å². The Balaban J connectivity index is 2.21. The average molecular weight is 268 g/mol. The number of carboxylic acid groups (broad SMARTS) is 1. The first-order chi connectivity index (χ1) is 9.56. The second-order valence-electron chi connectivity index (χ2n) is 5.27. The highest BCUT2D eigenvalue weighted by Gasteiger charge is 2.04. The molecule has 2 aromatic carbocycles. The first-order valence-electron chi connectivity index (χ1n) is 6.94. The molecule has 0 aromatic heterocycles. The molecule has 0 heterocycles. The molecule has 0 unspecified atom stereocenters. The Morgan fingerprint density at radius 2 is 1.90 bits per heavy atom. The number of rotatable bonds is 5. The predicted molar refractivity (Wildman–Crippen MR) is 81.9 cm³/mol. The lowest BCUT2D eigenvalue weighted by atomic mass is 9.96. The van der Waals surface area contributed by atoms with Crippen molar-refractivity contribution in [3.63, 3.8) is 0 Å². The van der Waals surface area contributed by atoms with Crippen LogP contribution >= 0.6 is 0 Å². The summed E-state index contributed by atoms with van der Waals surface area (Å²) in [6.07, 6.45) is 1.73. The second kappa shape index (κ2) is 6.38. The van der Waals surface area contributed by atoms with Crippen molar-refractivity contribution in [1.29, 1.82) is 0 Å². The molecule has 0 aliphatic carbocycles. The van der Waals surface area contributed by atoms with Gasteiger partial charge in [0.2, 0.25) is 0 Å². The third-order valence-corrected chi connectivity index (χ3v) is 3.49. The molecule has 0 aliphatic rings. The molecule has 0 spiro atoms. The van der Waals surface area contributed by atoms with Gasteiger partial charge in [0.25, 0.3) is 0 Å². The van der Waals surface area contributed by atoms with Crippen LogP contribution in [0.15, 0.2) is 42.5 Å². The van der Waals surface area contributed by atoms with E-state index in [-0.39, 0.29) is 6.42 Å². The molecule has 104 valence electrons. The number of aliphatic carboxylic acids is 1. The number of benzene rings is 2. The number of carbonyl (C=O) groups is 1. The number of aryl methyl sites for hydroxylation is 3. The lowest BCUT2D eigenvalue weighted by molar-refractivity contribution is -0.137. The SMILES string of the molecule is Cc1ccc(C)c(-c2cccc(CCCC(=O)O)c2)c1. The van der Waals surface area contributed by atoms with Crippen LogP contribution in [0, 0.1) is 13.8 Å². The van der Waals surface area contributed by atoms with Crippen LogP contribution in [0.2, 0.25) is 0 Å². The number of hydrogen-bond donors (Lipinski definition) is 1. The van der Waals surface area contributed by atoms with E-state index in [9.17, 15) is 4.79 Å². The Kier molecular flexibility index (Phi) is 4.57. The van der Waals surface area contributed by atoms with Crippen molar-refractivity contribution in [2.45, 2.75) is 33.1 Å². The lowest BCUT2D eigenvalue weighted by Gasteiger charge is -2.09. The van der Waals surface area contributed by atoms with E-state index in [2.05, 4.69) is 50.2 Å². The topological polar surface area (TPSA) is 37.3 Å². The Morgan fingerprint density at radius 1 is 1.10 bits per heavy atom. The van der Waals surface area contributed by atoms with Gasteiger partial charge in [-0.25, -0.2) is 0 Å². The highest BCUT2D eigenvalue weighted by atomic mass is 16.4. The molecule has 0 radical (unpaired) electrons. The average Bonchev–Trinajstić information content (AvgIpc) is 2.41. The van der Waals surface area contributed by atoms with Crippen molar-refractivity contribution in [1.82, 2.24) is 0 Å². The summed E-state index contributed by atoms with van der Waals surface area (Å²) in [5.41, 5.74) is 6.17. The van der Waals surface area contributed by atoms with Crippen molar-refractivity contribution in [2.75, 3.05) is 0 Å². The zero-order chi connectivity index (χ0) is 14.5. The minimum Gasteiger partial charge on any atom is -0.481 e.